The van der Waals surface area contributed by atoms with Crippen molar-refractivity contribution in [3.8, 4) is 0 Å². The zero-order chi connectivity index (χ0) is 20.1. The van der Waals surface area contributed by atoms with Gasteiger partial charge in [0.1, 0.15) is 5.82 Å². The Labute approximate surface area is 162 Å². The van der Waals surface area contributed by atoms with Crippen LogP contribution in [0.1, 0.15) is 27.3 Å². The highest BCUT2D eigenvalue weighted by atomic mass is 16.6. The van der Waals surface area contributed by atoms with E-state index in [1.807, 2.05) is 31.3 Å². The number of carbonyl (C=O) groups excluding carboxylic acids is 1. The van der Waals surface area contributed by atoms with Crippen molar-refractivity contribution in [2.75, 3.05) is 12.4 Å². The molecular formula is C20H21N5O3. The van der Waals surface area contributed by atoms with E-state index in [-0.39, 0.29) is 17.2 Å². The molecule has 2 aromatic carbocycles. The molecule has 0 atom stereocenters. The van der Waals surface area contributed by atoms with Crippen molar-refractivity contribution in [1.29, 1.82) is 0 Å². The summed E-state index contributed by atoms with van der Waals surface area (Å²) >= 11 is 0. The number of amides is 1. The first-order valence-corrected chi connectivity index (χ1v) is 8.78. The molecule has 0 bridgehead atoms. The molecule has 1 amide bonds. The first kappa shape index (κ1) is 19.1. The molecule has 144 valence electrons. The third-order valence-corrected chi connectivity index (χ3v) is 4.44. The number of anilines is 1. The van der Waals surface area contributed by atoms with E-state index in [1.165, 1.54) is 19.2 Å². The lowest BCUT2D eigenvalue weighted by molar-refractivity contribution is -0.384. The van der Waals surface area contributed by atoms with Gasteiger partial charge in [-0.2, -0.15) is 0 Å². The van der Waals surface area contributed by atoms with Crippen LogP contribution in [0.15, 0.2) is 54.9 Å². The summed E-state index contributed by atoms with van der Waals surface area (Å²) in [4.78, 5) is 26.8. The van der Waals surface area contributed by atoms with E-state index in [4.69, 9.17) is 0 Å². The number of carbonyl (C=O) groups is 1. The van der Waals surface area contributed by atoms with Gasteiger partial charge in [0.25, 0.3) is 11.6 Å². The van der Waals surface area contributed by atoms with Crippen LogP contribution in [0, 0.1) is 17.0 Å². The van der Waals surface area contributed by atoms with Crippen LogP contribution < -0.4 is 10.6 Å². The maximum Gasteiger partial charge on any atom is 0.270 e. The van der Waals surface area contributed by atoms with Crippen molar-refractivity contribution in [3.05, 3.63) is 87.5 Å². The molecule has 0 aliphatic carbocycles. The fourth-order valence-electron chi connectivity index (χ4n) is 2.93. The van der Waals surface area contributed by atoms with Crippen molar-refractivity contribution in [3.63, 3.8) is 0 Å². The highest BCUT2D eigenvalue weighted by Gasteiger charge is 2.15. The molecule has 0 aliphatic rings. The number of benzene rings is 2. The predicted molar refractivity (Wildman–Crippen MR) is 106 cm³/mol. The average molecular weight is 379 g/mol. The molecule has 0 spiro atoms. The minimum atomic E-state index is -0.516. The molecule has 2 N–H and O–H groups in total. The van der Waals surface area contributed by atoms with Gasteiger partial charge in [-0.25, -0.2) is 4.98 Å². The van der Waals surface area contributed by atoms with Crippen LogP contribution in [-0.4, -0.2) is 27.4 Å². The van der Waals surface area contributed by atoms with Crippen molar-refractivity contribution < 1.29 is 9.72 Å². The van der Waals surface area contributed by atoms with E-state index >= 15 is 0 Å². The second kappa shape index (κ2) is 8.34. The zero-order valence-electron chi connectivity index (χ0n) is 15.7. The Kier molecular flexibility index (Phi) is 5.69. The maximum absolute atomic E-state index is 12.1. The number of aryl methyl sites for hydroxylation is 1. The number of hydrogen-bond donors (Lipinski definition) is 2. The predicted octanol–water partition coefficient (Wildman–Crippen LogP) is 3.12. The molecule has 0 aliphatic heterocycles. The van der Waals surface area contributed by atoms with Gasteiger partial charge in [-0.3, -0.25) is 14.9 Å². The molecule has 0 unspecified atom stereocenters. The summed E-state index contributed by atoms with van der Waals surface area (Å²) in [6.45, 7) is 3.17. The number of nitrogens with one attached hydrogen (secondary N) is 2. The summed E-state index contributed by atoms with van der Waals surface area (Å²) in [5.74, 6) is 0.570. The largest absolute Gasteiger partial charge is 0.380 e. The Morgan fingerprint density at radius 2 is 2.00 bits per heavy atom. The summed E-state index contributed by atoms with van der Waals surface area (Å²) in [6.07, 6.45) is 3.71. The Balaban J connectivity index is 1.77. The Hall–Kier alpha value is -3.68. The summed E-state index contributed by atoms with van der Waals surface area (Å²) in [5, 5.41) is 16.7. The van der Waals surface area contributed by atoms with Crippen LogP contribution in [-0.2, 0) is 13.1 Å². The third-order valence-electron chi connectivity index (χ3n) is 4.44. The second-order valence-electron chi connectivity index (χ2n) is 6.34. The van der Waals surface area contributed by atoms with Crippen molar-refractivity contribution in [2.24, 2.45) is 0 Å². The Bertz CT molecular complexity index is 1010. The lowest BCUT2D eigenvalue weighted by atomic mass is 10.1. The highest BCUT2D eigenvalue weighted by Crippen LogP contribution is 2.23. The zero-order valence-corrected chi connectivity index (χ0v) is 15.7. The topological polar surface area (TPSA) is 102 Å². The summed E-state index contributed by atoms with van der Waals surface area (Å²) in [5.41, 5.74) is 2.83. The maximum atomic E-state index is 12.1. The molecule has 3 aromatic rings. The molecule has 8 nitrogen and oxygen atoms in total. The normalized spacial score (nSPS) is 10.5. The van der Waals surface area contributed by atoms with Gasteiger partial charge in [-0.1, -0.05) is 24.3 Å². The van der Waals surface area contributed by atoms with Gasteiger partial charge in [0.2, 0.25) is 0 Å². The molecule has 1 heterocycles. The van der Waals surface area contributed by atoms with Crippen molar-refractivity contribution in [2.45, 2.75) is 20.0 Å². The average Bonchev–Trinajstić information content (AvgIpc) is 3.10. The number of rotatable bonds is 7. The van der Waals surface area contributed by atoms with Crippen molar-refractivity contribution in [1.82, 2.24) is 14.9 Å². The number of hydrogen-bond acceptors (Lipinski definition) is 5. The first-order chi connectivity index (χ1) is 13.5. The van der Waals surface area contributed by atoms with Gasteiger partial charge in [-0.05, 0) is 24.1 Å². The van der Waals surface area contributed by atoms with Crippen LogP contribution in [0.4, 0.5) is 11.4 Å². The summed E-state index contributed by atoms with van der Waals surface area (Å²) in [6, 6.07) is 12.3. The number of imidazole rings is 1. The van der Waals surface area contributed by atoms with Gasteiger partial charge in [0.05, 0.1) is 10.5 Å². The van der Waals surface area contributed by atoms with Crippen molar-refractivity contribution >= 4 is 17.3 Å². The highest BCUT2D eigenvalue weighted by molar-refractivity contribution is 6.00. The monoisotopic (exact) mass is 379 g/mol. The van der Waals surface area contributed by atoms with E-state index in [2.05, 4.69) is 26.3 Å². The number of aromatic nitrogens is 2. The van der Waals surface area contributed by atoms with Gasteiger partial charge in [0.15, 0.2) is 0 Å². The van der Waals surface area contributed by atoms with Crippen LogP contribution in [0.5, 0.6) is 0 Å². The molecule has 0 saturated carbocycles. The lowest BCUT2D eigenvalue weighted by Crippen LogP contribution is -2.20. The van der Waals surface area contributed by atoms with E-state index in [0.717, 1.165) is 23.5 Å². The van der Waals surface area contributed by atoms with E-state index in [9.17, 15) is 14.9 Å². The lowest BCUT2D eigenvalue weighted by Gasteiger charge is -2.12. The number of non-ortho nitro benzene ring substituents is 1. The van der Waals surface area contributed by atoms with Crippen LogP contribution in [0.3, 0.4) is 0 Å². The molecule has 0 radical (unpaired) electrons. The van der Waals surface area contributed by atoms with Gasteiger partial charge in [-0.15, -0.1) is 0 Å². The summed E-state index contributed by atoms with van der Waals surface area (Å²) < 4.78 is 2.06. The molecule has 28 heavy (non-hydrogen) atoms. The van der Waals surface area contributed by atoms with Gasteiger partial charge in [0, 0.05) is 50.4 Å². The smallest absolute Gasteiger partial charge is 0.270 e. The van der Waals surface area contributed by atoms with Gasteiger partial charge < -0.3 is 15.2 Å². The fraction of sp³-hybridized carbons (Fsp3) is 0.200. The van der Waals surface area contributed by atoms with Crippen LogP contribution in [0.2, 0.25) is 0 Å². The molecule has 1 aromatic heterocycles. The first-order valence-electron chi connectivity index (χ1n) is 8.78. The number of nitro benzene ring substituents is 1. The molecular weight excluding hydrogens is 358 g/mol. The van der Waals surface area contributed by atoms with E-state index in [0.29, 0.717) is 12.2 Å². The fourth-order valence-corrected chi connectivity index (χ4v) is 2.93. The number of nitrogens with zero attached hydrogens (tertiary/aromatic N) is 3. The van der Waals surface area contributed by atoms with E-state index < -0.39 is 4.92 Å². The quantitative estimate of drug-likeness (QED) is 0.485. The summed E-state index contributed by atoms with van der Waals surface area (Å²) in [7, 11) is 1.49. The molecule has 3 rings (SSSR count). The minimum absolute atomic E-state index is 0.123. The van der Waals surface area contributed by atoms with Gasteiger partial charge >= 0.3 is 0 Å². The Morgan fingerprint density at radius 3 is 2.68 bits per heavy atom. The minimum Gasteiger partial charge on any atom is -0.380 e. The standard InChI is InChI=1S/C20H21N5O3/c1-14-22-8-9-24(14)13-16-5-3-4-15(10-16)12-23-19-7-6-17(25(27)28)11-18(19)20(26)21-2/h3-11,23H,12-13H2,1-2H3,(H,21,26). The SMILES string of the molecule is CNC(=O)c1cc([N+](=O)[O-])ccc1NCc1cccc(Cn2ccnc2C)c1. The second-order valence-corrected chi connectivity index (χ2v) is 6.34. The number of nitro groups is 1. The van der Waals surface area contributed by atoms with Crippen LogP contribution in [0.25, 0.3) is 0 Å². The third kappa shape index (κ3) is 4.35. The molecule has 8 heteroatoms. The molecule has 0 saturated heterocycles. The molecule has 0 fully saturated rings. The Morgan fingerprint density at radius 1 is 1.21 bits per heavy atom. The van der Waals surface area contributed by atoms with Crippen LogP contribution >= 0.6 is 0 Å². The van der Waals surface area contributed by atoms with E-state index in [1.54, 1.807) is 12.3 Å².